The third kappa shape index (κ3) is 4.79. The average molecular weight is 246 g/mol. The zero-order valence-corrected chi connectivity index (χ0v) is 10.7. The van der Waals surface area contributed by atoms with Gasteiger partial charge in [-0.3, -0.25) is 4.79 Å². The van der Waals surface area contributed by atoms with E-state index >= 15 is 0 Å². The van der Waals surface area contributed by atoms with Crippen LogP contribution in [0.25, 0.3) is 0 Å². The van der Waals surface area contributed by atoms with Gasteiger partial charge in [-0.1, -0.05) is 5.92 Å². The Balaban J connectivity index is 2.32. The summed E-state index contributed by atoms with van der Waals surface area (Å²) in [5.41, 5.74) is 5.60. The zero-order chi connectivity index (χ0) is 13.6. The molecule has 0 unspecified atom stereocenters. The molecule has 0 aliphatic rings. The van der Waals surface area contributed by atoms with Gasteiger partial charge < -0.3 is 15.8 Å². The predicted octanol–water partition coefficient (Wildman–Crippen LogP) is 1.57. The first kappa shape index (κ1) is 13.9. The molecule has 0 saturated carbocycles. The van der Waals surface area contributed by atoms with E-state index in [1.165, 1.54) is 0 Å². The van der Waals surface area contributed by atoms with Crippen LogP contribution in [0, 0.1) is 12.3 Å². The lowest BCUT2D eigenvalue weighted by Crippen LogP contribution is -2.42. The number of benzene rings is 1. The molecule has 3 N–H and O–H groups in total. The molecular weight excluding hydrogens is 228 g/mol. The molecule has 0 spiro atoms. The van der Waals surface area contributed by atoms with E-state index in [2.05, 4.69) is 11.2 Å². The van der Waals surface area contributed by atoms with Crippen LogP contribution in [-0.4, -0.2) is 18.1 Å². The summed E-state index contributed by atoms with van der Waals surface area (Å²) in [5, 5.41) is 2.73. The molecule has 4 nitrogen and oxygen atoms in total. The number of rotatable bonds is 5. The first-order valence-electron chi connectivity index (χ1n) is 5.70. The number of amides is 1. The van der Waals surface area contributed by atoms with Gasteiger partial charge in [-0.25, -0.2) is 0 Å². The Morgan fingerprint density at radius 1 is 1.44 bits per heavy atom. The number of hydrogen-bond donors (Lipinski definition) is 2. The van der Waals surface area contributed by atoms with Gasteiger partial charge in [0, 0.05) is 5.69 Å². The van der Waals surface area contributed by atoms with Crippen LogP contribution in [0.1, 0.15) is 20.3 Å². The van der Waals surface area contributed by atoms with Crippen LogP contribution < -0.4 is 15.8 Å². The quantitative estimate of drug-likeness (QED) is 0.612. The van der Waals surface area contributed by atoms with Gasteiger partial charge in [0.1, 0.15) is 5.75 Å². The lowest BCUT2D eigenvalue weighted by atomic mass is 10.1. The number of anilines is 1. The highest BCUT2D eigenvalue weighted by molar-refractivity contribution is 5.77. The summed E-state index contributed by atoms with van der Waals surface area (Å²) in [6.07, 6.45) is 5.54. The molecule has 0 aliphatic carbocycles. The Hall–Kier alpha value is -2.15. The number of nitrogen functional groups attached to an aromatic ring is 1. The SMILES string of the molecule is C#CC(C)(C)NC(=O)CCOc1ccc(N)cc1. The van der Waals surface area contributed by atoms with Crippen molar-refractivity contribution in [2.75, 3.05) is 12.3 Å². The van der Waals surface area contributed by atoms with E-state index in [0.29, 0.717) is 18.0 Å². The Morgan fingerprint density at radius 3 is 2.61 bits per heavy atom. The largest absolute Gasteiger partial charge is 0.493 e. The molecule has 0 aromatic heterocycles. The minimum Gasteiger partial charge on any atom is -0.493 e. The number of carbonyl (C=O) groups excluding carboxylic acids is 1. The number of ether oxygens (including phenoxy) is 1. The number of nitrogens with one attached hydrogen (secondary N) is 1. The highest BCUT2D eigenvalue weighted by atomic mass is 16.5. The molecule has 0 saturated heterocycles. The fourth-order valence-corrected chi connectivity index (χ4v) is 1.27. The van der Waals surface area contributed by atoms with Gasteiger partial charge in [0.25, 0.3) is 0 Å². The van der Waals surface area contributed by atoms with Gasteiger partial charge in [0.15, 0.2) is 0 Å². The van der Waals surface area contributed by atoms with Crippen LogP contribution >= 0.6 is 0 Å². The zero-order valence-electron chi connectivity index (χ0n) is 10.7. The summed E-state index contributed by atoms with van der Waals surface area (Å²) in [7, 11) is 0. The normalized spacial score (nSPS) is 10.5. The number of nitrogens with two attached hydrogens (primary N) is 1. The molecule has 96 valence electrons. The maximum absolute atomic E-state index is 11.6. The highest BCUT2D eigenvalue weighted by Crippen LogP contribution is 2.13. The van der Waals surface area contributed by atoms with Crippen molar-refractivity contribution >= 4 is 11.6 Å². The van der Waals surface area contributed by atoms with E-state index in [4.69, 9.17) is 16.9 Å². The average Bonchev–Trinajstić information content (AvgIpc) is 2.31. The Labute approximate surface area is 108 Å². The van der Waals surface area contributed by atoms with E-state index in [1.54, 1.807) is 38.1 Å². The maximum Gasteiger partial charge on any atom is 0.224 e. The second-order valence-electron chi connectivity index (χ2n) is 4.49. The van der Waals surface area contributed by atoms with Gasteiger partial charge in [-0.05, 0) is 38.1 Å². The van der Waals surface area contributed by atoms with Gasteiger partial charge in [-0.15, -0.1) is 6.42 Å². The van der Waals surface area contributed by atoms with E-state index in [0.717, 1.165) is 0 Å². The Kier molecular flexibility index (Phi) is 4.61. The van der Waals surface area contributed by atoms with Crippen LogP contribution in [0.2, 0.25) is 0 Å². The maximum atomic E-state index is 11.6. The van der Waals surface area contributed by atoms with Gasteiger partial charge >= 0.3 is 0 Å². The fourth-order valence-electron chi connectivity index (χ4n) is 1.27. The van der Waals surface area contributed by atoms with Crippen molar-refractivity contribution in [1.29, 1.82) is 0 Å². The van der Waals surface area contributed by atoms with Crippen molar-refractivity contribution in [3.63, 3.8) is 0 Å². The minimum absolute atomic E-state index is 0.131. The van der Waals surface area contributed by atoms with E-state index in [1.807, 2.05) is 0 Å². The first-order chi connectivity index (χ1) is 8.43. The van der Waals surface area contributed by atoms with Gasteiger partial charge in [0.05, 0.1) is 18.6 Å². The van der Waals surface area contributed by atoms with Crippen molar-refractivity contribution in [3.8, 4) is 18.1 Å². The molecule has 18 heavy (non-hydrogen) atoms. The van der Waals surface area contributed by atoms with Crippen LogP contribution in [-0.2, 0) is 4.79 Å². The summed E-state index contributed by atoms with van der Waals surface area (Å²) in [5.74, 6) is 3.06. The third-order valence-electron chi connectivity index (χ3n) is 2.29. The van der Waals surface area contributed by atoms with Crippen LogP contribution in [0.15, 0.2) is 24.3 Å². The molecule has 1 aromatic carbocycles. The lowest BCUT2D eigenvalue weighted by Gasteiger charge is -2.19. The number of terminal acetylenes is 1. The smallest absolute Gasteiger partial charge is 0.224 e. The Morgan fingerprint density at radius 2 is 2.06 bits per heavy atom. The summed E-state index contributed by atoms with van der Waals surface area (Å²) in [6.45, 7) is 3.84. The van der Waals surface area contributed by atoms with Gasteiger partial charge in [0.2, 0.25) is 5.91 Å². The molecule has 0 radical (unpaired) electrons. The molecule has 1 rings (SSSR count). The van der Waals surface area contributed by atoms with Gasteiger partial charge in [-0.2, -0.15) is 0 Å². The summed E-state index contributed by atoms with van der Waals surface area (Å²) in [6, 6.07) is 7.02. The van der Waals surface area contributed by atoms with Crippen molar-refractivity contribution in [1.82, 2.24) is 5.32 Å². The highest BCUT2D eigenvalue weighted by Gasteiger charge is 2.16. The standard InChI is InChI=1S/C14H18N2O2/c1-4-14(2,3)16-13(17)9-10-18-12-7-5-11(15)6-8-12/h1,5-8H,9-10,15H2,2-3H3,(H,16,17). The topological polar surface area (TPSA) is 64.3 Å². The fraction of sp³-hybridized carbons (Fsp3) is 0.357. The first-order valence-corrected chi connectivity index (χ1v) is 5.70. The summed E-state index contributed by atoms with van der Waals surface area (Å²) < 4.78 is 5.41. The van der Waals surface area contributed by atoms with Crippen molar-refractivity contribution in [3.05, 3.63) is 24.3 Å². The molecule has 1 aromatic rings. The molecular formula is C14H18N2O2. The van der Waals surface area contributed by atoms with Crippen LogP contribution in [0.5, 0.6) is 5.75 Å². The molecule has 4 heteroatoms. The number of hydrogen-bond acceptors (Lipinski definition) is 3. The lowest BCUT2D eigenvalue weighted by molar-refractivity contribution is -0.122. The van der Waals surface area contributed by atoms with E-state index in [9.17, 15) is 4.79 Å². The van der Waals surface area contributed by atoms with Crippen LogP contribution in [0.3, 0.4) is 0 Å². The third-order valence-corrected chi connectivity index (χ3v) is 2.29. The second-order valence-corrected chi connectivity index (χ2v) is 4.49. The van der Waals surface area contributed by atoms with Crippen molar-refractivity contribution in [2.24, 2.45) is 0 Å². The predicted molar refractivity (Wildman–Crippen MR) is 72.0 cm³/mol. The van der Waals surface area contributed by atoms with Crippen molar-refractivity contribution < 1.29 is 9.53 Å². The van der Waals surface area contributed by atoms with E-state index in [-0.39, 0.29) is 12.3 Å². The van der Waals surface area contributed by atoms with Crippen LogP contribution in [0.4, 0.5) is 5.69 Å². The summed E-state index contributed by atoms with van der Waals surface area (Å²) in [4.78, 5) is 11.6. The number of carbonyl (C=O) groups is 1. The minimum atomic E-state index is -0.627. The van der Waals surface area contributed by atoms with E-state index < -0.39 is 5.54 Å². The molecule has 0 heterocycles. The molecule has 0 fully saturated rings. The molecule has 0 atom stereocenters. The monoisotopic (exact) mass is 246 g/mol. The summed E-state index contributed by atoms with van der Waals surface area (Å²) >= 11 is 0. The molecule has 1 amide bonds. The van der Waals surface area contributed by atoms with Crippen molar-refractivity contribution in [2.45, 2.75) is 25.8 Å². The second kappa shape index (κ2) is 5.97. The molecule has 0 bridgehead atoms. The molecule has 0 aliphatic heterocycles. The Bertz CT molecular complexity index is 444.